The second-order valence-corrected chi connectivity index (χ2v) is 39.6. The fourth-order valence-corrected chi connectivity index (χ4v) is 24.1. The highest BCUT2D eigenvalue weighted by molar-refractivity contribution is 6.27. The number of fused-ring (bicyclic) bond motifs is 21. The Morgan fingerprint density at radius 2 is 0.336 bits per heavy atom. The molecule has 0 bridgehead atoms. The van der Waals surface area contributed by atoms with E-state index < -0.39 is 0 Å². The van der Waals surface area contributed by atoms with E-state index in [1.807, 2.05) is 0 Å². The normalized spacial score (nSPS) is 12.8. The lowest BCUT2D eigenvalue weighted by molar-refractivity contribution is 0.661. The lowest BCUT2D eigenvalue weighted by Crippen LogP contribution is -2.15. The van der Waals surface area contributed by atoms with Crippen LogP contribution in [0.2, 0.25) is 0 Å². The molecular formula is C140H94. The Labute approximate surface area is 814 Å². The van der Waals surface area contributed by atoms with Crippen molar-refractivity contribution in [2.24, 2.45) is 0 Å². The molecule has 654 valence electrons. The maximum atomic E-state index is 2.54. The van der Waals surface area contributed by atoms with Crippen LogP contribution in [-0.2, 0) is 10.8 Å². The van der Waals surface area contributed by atoms with Crippen LogP contribution in [0.1, 0.15) is 49.9 Å². The molecule has 0 atom stereocenters. The fraction of sp³-hybridized carbons (Fsp3) is 0.0429. The van der Waals surface area contributed by atoms with E-state index in [2.05, 4.69) is 525 Å². The summed E-state index contributed by atoms with van der Waals surface area (Å²) in [5.41, 5.74) is 31.0. The monoisotopic (exact) mass is 1770 g/mol. The first kappa shape index (κ1) is 82.1. The average molecular weight is 1780 g/mol. The third kappa shape index (κ3) is 13.5. The van der Waals surface area contributed by atoms with Crippen molar-refractivity contribution in [2.45, 2.75) is 38.5 Å². The summed E-state index contributed by atoms with van der Waals surface area (Å²) in [5.74, 6) is 0. The molecule has 0 unspecified atom stereocenters. The predicted molar refractivity (Wildman–Crippen MR) is 603 cm³/mol. The van der Waals surface area contributed by atoms with Gasteiger partial charge in [0.15, 0.2) is 0 Å². The Bertz CT molecular complexity index is 9890. The van der Waals surface area contributed by atoms with Crippen LogP contribution in [-0.4, -0.2) is 0 Å². The van der Waals surface area contributed by atoms with Crippen molar-refractivity contribution in [3.05, 3.63) is 520 Å². The van der Waals surface area contributed by atoms with Gasteiger partial charge in [0.25, 0.3) is 0 Å². The largest absolute Gasteiger partial charge is 0.0622 e. The Morgan fingerprint density at radius 3 is 0.757 bits per heavy atom. The van der Waals surface area contributed by atoms with Crippen molar-refractivity contribution >= 4 is 151 Å². The van der Waals surface area contributed by atoms with Crippen LogP contribution in [0, 0.1) is 0 Å². The molecule has 0 aromatic heterocycles. The van der Waals surface area contributed by atoms with Crippen LogP contribution in [0.4, 0.5) is 0 Å². The Hall–Kier alpha value is -17.4. The molecular weight excluding hydrogens is 1680 g/mol. The van der Waals surface area contributed by atoms with Gasteiger partial charge in [0.2, 0.25) is 0 Å². The highest BCUT2D eigenvalue weighted by atomic mass is 14.4. The highest BCUT2D eigenvalue weighted by Gasteiger charge is 2.39. The van der Waals surface area contributed by atoms with E-state index in [4.69, 9.17) is 0 Å². The number of hydrogen-bond acceptors (Lipinski definition) is 0. The molecule has 27 aromatic carbocycles. The number of hydrogen-bond donors (Lipinski definition) is 0. The van der Waals surface area contributed by atoms with Crippen LogP contribution in [0.5, 0.6) is 0 Å². The van der Waals surface area contributed by atoms with Crippen LogP contribution < -0.4 is 0 Å². The van der Waals surface area contributed by atoms with Gasteiger partial charge in [0.1, 0.15) is 0 Å². The van der Waals surface area contributed by atoms with Gasteiger partial charge in [0, 0.05) is 10.8 Å². The summed E-state index contributed by atoms with van der Waals surface area (Å²) in [4.78, 5) is 0. The molecule has 0 N–H and O–H groups in total. The van der Waals surface area contributed by atoms with Gasteiger partial charge in [-0.25, -0.2) is 0 Å². The van der Waals surface area contributed by atoms with E-state index in [1.165, 1.54) is 284 Å². The smallest absolute Gasteiger partial charge is 0.0159 e. The molecule has 0 spiro atoms. The van der Waals surface area contributed by atoms with Crippen molar-refractivity contribution in [3.63, 3.8) is 0 Å². The third-order valence-corrected chi connectivity index (χ3v) is 31.0. The minimum atomic E-state index is -0.179. The zero-order valence-electron chi connectivity index (χ0n) is 78.3. The van der Waals surface area contributed by atoms with Crippen LogP contribution >= 0.6 is 0 Å². The van der Waals surface area contributed by atoms with Gasteiger partial charge in [-0.3, -0.25) is 0 Å². The highest BCUT2D eigenvalue weighted by Crippen LogP contribution is 2.58. The fourth-order valence-electron chi connectivity index (χ4n) is 24.1. The summed E-state index contributed by atoms with van der Waals surface area (Å²) in [6.45, 7) is 9.58. The number of benzene rings is 27. The molecule has 2 aliphatic rings. The van der Waals surface area contributed by atoms with E-state index in [1.54, 1.807) is 0 Å². The SMILES string of the molecule is CC1(C)c2cc(-c3ccc4ccccc4c3)ccc2-c2cc3c(-c4ccc5ccccc5c4)c4ccccc4c(-c4ccc5ccccc5c4)c3cc21.CC1(C)c2ccccc2-c2cc3c(-c4ccc5ccccc5c4)c4ccccc4c(-c4ccc5ccccc5c4)c3cc21.c1ccc(-c2c3ccccc3c(-c3ccc4c(ccc5ccccc54)c3)c3ccc(-c4ccc5ccccc5c4)cc23)cc1. The van der Waals surface area contributed by atoms with Crippen LogP contribution in [0.3, 0.4) is 0 Å². The second-order valence-electron chi connectivity index (χ2n) is 39.6. The molecule has 0 heteroatoms. The molecule has 0 heterocycles. The minimum absolute atomic E-state index is 0.0739. The molecule has 2 aliphatic carbocycles. The zero-order valence-corrected chi connectivity index (χ0v) is 78.3. The van der Waals surface area contributed by atoms with E-state index in [-0.39, 0.29) is 10.8 Å². The van der Waals surface area contributed by atoms with Crippen LogP contribution in [0.25, 0.3) is 262 Å². The van der Waals surface area contributed by atoms with E-state index in [0.717, 1.165) is 0 Å². The van der Waals surface area contributed by atoms with Gasteiger partial charge >= 0.3 is 0 Å². The van der Waals surface area contributed by atoms with Gasteiger partial charge in [-0.1, -0.05) is 446 Å². The summed E-state index contributed by atoms with van der Waals surface area (Å²) >= 11 is 0. The average Bonchev–Trinajstić information content (AvgIpc) is 1.53. The van der Waals surface area contributed by atoms with Gasteiger partial charge in [-0.2, -0.15) is 0 Å². The Morgan fingerprint density at radius 1 is 0.107 bits per heavy atom. The van der Waals surface area contributed by atoms with E-state index >= 15 is 0 Å². The Kier molecular flexibility index (Phi) is 19.2. The van der Waals surface area contributed by atoms with Crippen molar-refractivity contribution in [1.82, 2.24) is 0 Å². The molecule has 0 saturated carbocycles. The van der Waals surface area contributed by atoms with Gasteiger partial charge in [0.05, 0.1) is 0 Å². The molecule has 0 saturated heterocycles. The maximum Gasteiger partial charge on any atom is 0.0159 e. The quantitative estimate of drug-likeness (QED) is 0.105. The summed E-state index contributed by atoms with van der Waals surface area (Å²) < 4.78 is 0. The first-order valence-corrected chi connectivity index (χ1v) is 49.1. The van der Waals surface area contributed by atoms with E-state index in [9.17, 15) is 0 Å². The molecule has 140 heavy (non-hydrogen) atoms. The standard InChI is InChI=1S/C53H36.C44H28.C43H30/c1-53(2)49-30-40(39-22-19-33-11-3-6-14-36(33)27-39)25-26-43(49)46-31-47-48(32-50(46)53)52(42-24-21-35-13-5-8-16-38(35)29-42)45-18-10-9-17-44(45)51(47)41-23-20-34-12-4-7-15-37(34)28-41;1-2-12-31(13-3-1)43-39-16-8-9-17-40(39)44(36-23-24-38-35(27-36)21-19-30-11-6-7-15-37(30)38)41-25-22-34(28-42(41)43)33-20-18-29-10-4-5-14-32(29)26-33;1-43(2)39-18-10-9-15-33(39)36-25-37-38(26-40(36)43)42(32-22-20-28-12-4-6-14-30(28)24-32)35-17-8-7-16-34(35)41(37)31-21-19-27-11-3-5-13-29(27)23-31/h3-32H,1-2H3;1-28H;3-26H,1-2H3. The predicted octanol–water partition coefficient (Wildman–Crippen LogP) is 39.2. The molecule has 29 rings (SSSR count). The Balaban J connectivity index is 0.000000106. The van der Waals surface area contributed by atoms with Crippen molar-refractivity contribution in [2.75, 3.05) is 0 Å². The lowest BCUT2D eigenvalue weighted by Gasteiger charge is -2.24. The topological polar surface area (TPSA) is 0 Å². The molecule has 0 nitrogen and oxygen atoms in total. The molecule has 0 fully saturated rings. The number of rotatable bonds is 8. The van der Waals surface area contributed by atoms with Crippen molar-refractivity contribution < 1.29 is 0 Å². The first-order chi connectivity index (χ1) is 68.9. The maximum absolute atomic E-state index is 2.54. The minimum Gasteiger partial charge on any atom is -0.0622 e. The first-order valence-electron chi connectivity index (χ1n) is 49.1. The molecule has 27 aromatic rings. The summed E-state index contributed by atoms with van der Waals surface area (Å²) in [6, 6.07) is 185. The second kappa shape index (κ2) is 32.7. The van der Waals surface area contributed by atoms with Crippen molar-refractivity contribution in [1.29, 1.82) is 0 Å². The summed E-state index contributed by atoms with van der Waals surface area (Å²) in [6.07, 6.45) is 0. The molecule has 0 radical (unpaired) electrons. The van der Waals surface area contributed by atoms with E-state index in [0.29, 0.717) is 0 Å². The van der Waals surface area contributed by atoms with Gasteiger partial charge in [-0.15, -0.1) is 0 Å². The van der Waals surface area contributed by atoms with Gasteiger partial charge in [-0.05, 0) is 363 Å². The molecule has 0 aliphatic heterocycles. The lowest BCUT2D eigenvalue weighted by atomic mass is 9.79. The molecule has 0 amide bonds. The van der Waals surface area contributed by atoms with Crippen LogP contribution in [0.15, 0.2) is 497 Å². The third-order valence-electron chi connectivity index (χ3n) is 31.0. The van der Waals surface area contributed by atoms with Gasteiger partial charge < -0.3 is 0 Å². The zero-order chi connectivity index (χ0) is 93.0. The summed E-state index contributed by atoms with van der Waals surface area (Å²) in [5, 5.41) is 35.8. The van der Waals surface area contributed by atoms with Crippen molar-refractivity contribution in [3.8, 4) is 111 Å². The summed E-state index contributed by atoms with van der Waals surface area (Å²) in [7, 11) is 0.